The maximum atomic E-state index is 14.0. The predicted octanol–water partition coefficient (Wildman–Crippen LogP) is 3.86. The normalized spacial score (nSPS) is 16.4. The largest absolute Gasteiger partial charge is 0.459 e. The average Bonchev–Trinajstić information content (AvgIpc) is 2.98. The number of carbonyl (C=O) groups excluding carboxylic acids is 4. The lowest BCUT2D eigenvalue weighted by molar-refractivity contribution is -0.164. The molecule has 4 amide bonds. The number of urea groups is 1. The van der Waals surface area contributed by atoms with Gasteiger partial charge in [0, 0.05) is 23.7 Å². The highest BCUT2D eigenvalue weighted by Gasteiger charge is 2.54. The number of carbonyl (C=O) groups is 4. The van der Waals surface area contributed by atoms with E-state index in [4.69, 9.17) is 16.3 Å². The van der Waals surface area contributed by atoms with Crippen LogP contribution in [0.4, 0.5) is 10.5 Å². The molecule has 1 aromatic heterocycles. The van der Waals surface area contributed by atoms with E-state index in [-0.39, 0.29) is 37.2 Å². The van der Waals surface area contributed by atoms with E-state index in [0.29, 0.717) is 27.4 Å². The maximum absolute atomic E-state index is 14.0. The van der Waals surface area contributed by atoms with Crippen molar-refractivity contribution in [1.29, 1.82) is 0 Å². The third-order valence-corrected chi connectivity index (χ3v) is 7.66. The van der Waals surface area contributed by atoms with Gasteiger partial charge in [0.15, 0.2) is 0 Å². The molecule has 0 unspecified atom stereocenters. The van der Waals surface area contributed by atoms with Gasteiger partial charge in [-0.2, -0.15) is 0 Å². The van der Waals surface area contributed by atoms with Gasteiger partial charge < -0.3 is 15.4 Å². The molecule has 1 fully saturated rings. The Kier molecular flexibility index (Phi) is 8.27. The molecule has 0 spiro atoms. The number of amides is 4. The second-order valence-electron chi connectivity index (χ2n) is 10.2. The number of halogens is 1. The number of rotatable bonds is 7. The Morgan fingerprint density at radius 2 is 1.79 bits per heavy atom. The molecule has 0 radical (unpaired) electrons. The first-order chi connectivity index (χ1) is 20.6. The quantitative estimate of drug-likeness (QED) is 0.165. The summed E-state index contributed by atoms with van der Waals surface area (Å²) in [4.78, 5) is 70.1. The highest BCUT2D eigenvalue weighted by Crippen LogP contribution is 2.30. The van der Waals surface area contributed by atoms with Crippen molar-refractivity contribution in [2.75, 3.05) is 5.32 Å². The van der Waals surface area contributed by atoms with E-state index in [1.165, 1.54) is 6.92 Å². The van der Waals surface area contributed by atoms with Gasteiger partial charge in [-0.05, 0) is 61.2 Å². The number of anilines is 1. The molecular weight excluding hydrogens is 574 g/mol. The Hall–Kier alpha value is -5.03. The first kappa shape index (κ1) is 29.5. The molecule has 3 aromatic carbocycles. The van der Waals surface area contributed by atoms with E-state index in [9.17, 15) is 24.0 Å². The van der Waals surface area contributed by atoms with E-state index < -0.39 is 34.9 Å². The van der Waals surface area contributed by atoms with E-state index >= 15 is 0 Å². The van der Waals surface area contributed by atoms with Gasteiger partial charge in [0.2, 0.25) is 11.4 Å². The third-order valence-electron chi connectivity index (χ3n) is 7.26. The van der Waals surface area contributed by atoms with Crippen LogP contribution in [0.1, 0.15) is 35.4 Å². The molecule has 1 aliphatic heterocycles. The zero-order valence-corrected chi connectivity index (χ0v) is 24.2. The van der Waals surface area contributed by atoms with Crippen LogP contribution < -0.4 is 21.5 Å². The SMILES string of the molecule is Cc1ccc(NC(=O)NCc2ccc3nc(C)n([C@]4(C(=O)OCc5ccccc5)CCC(=O)NC4=O)c(=O)c3c2)cc1Cl. The Morgan fingerprint density at radius 1 is 1.02 bits per heavy atom. The van der Waals surface area contributed by atoms with E-state index in [2.05, 4.69) is 20.9 Å². The van der Waals surface area contributed by atoms with Crippen molar-refractivity contribution in [2.24, 2.45) is 0 Å². The molecule has 5 rings (SSSR count). The lowest BCUT2D eigenvalue weighted by Crippen LogP contribution is -2.62. The number of ether oxygens (including phenoxy) is 1. The fraction of sp³-hybridized carbons (Fsp3) is 0.226. The minimum Gasteiger partial charge on any atom is -0.459 e. The summed E-state index contributed by atoms with van der Waals surface area (Å²) in [5.41, 5.74) is 0.179. The van der Waals surface area contributed by atoms with Crippen LogP contribution in [-0.2, 0) is 37.8 Å². The molecule has 43 heavy (non-hydrogen) atoms. The summed E-state index contributed by atoms with van der Waals surface area (Å²) in [6.45, 7) is 3.29. The zero-order chi connectivity index (χ0) is 30.7. The van der Waals surface area contributed by atoms with Gasteiger partial charge in [0.25, 0.3) is 11.5 Å². The number of nitrogens with one attached hydrogen (secondary N) is 3. The monoisotopic (exact) mass is 601 g/mol. The predicted molar refractivity (Wildman–Crippen MR) is 159 cm³/mol. The number of hydrogen-bond acceptors (Lipinski definition) is 7. The number of esters is 1. The van der Waals surface area contributed by atoms with E-state index in [1.807, 2.05) is 13.0 Å². The number of imide groups is 1. The average molecular weight is 602 g/mol. The van der Waals surface area contributed by atoms with Crippen molar-refractivity contribution < 1.29 is 23.9 Å². The summed E-state index contributed by atoms with van der Waals surface area (Å²) in [5, 5.41) is 8.26. The number of benzene rings is 3. The van der Waals surface area contributed by atoms with Crippen molar-refractivity contribution in [3.63, 3.8) is 0 Å². The molecular formula is C31H28ClN5O6. The van der Waals surface area contributed by atoms with Crippen LogP contribution in [0, 0.1) is 13.8 Å². The van der Waals surface area contributed by atoms with Gasteiger partial charge in [-0.3, -0.25) is 24.3 Å². The molecule has 0 saturated carbocycles. The minimum atomic E-state index is -2.14. The van der Waals surface area contributed by atoms with Gasteiger partial charge in [0.05, 0.1) is 10.9 Å². The second kappa shape index (κ2) is 12.1. The first-order valence-electron chi connectivity index (χ1n) is 13.5. The van der Waals surface area contributed by atoms with Crippen molar-refractivity contribution in [3.8, 4) is 0 Å². The molecule has 12 heteroatoms. The third kappa shape index (κ3) is 5.98. The summed E-state index contributed by atoms with van der Waals surface area (Å²) in [5.74, 6) is -2.39. The number of piperidine rings is 1. The standard InChI is InChI=1S/C31H28ClN5O6/c1-18-8-10-22(15-24(18)32)35-30(42)33-16-21-9-11-25-23(14-21)27(39)37(19(2)34-25)31(13-12-26(38)36-28(31)40)29(41)43-17-20-6-4-3-5-7-20/h3-11,14-15H,12-13,16-17H2,1-2H3,(H2,33,35,42)(H,36,38,40)/t31-/m1/s1. The number of nitrogens with zero attached hydrogens (tertiary/aromatic N) is 2. The Morgan fingerprint density at radius 3 is 2.51 bits per heavy atom. The van der Waals surface area contributed by atoms with Crippen LogP contribution in [0.2, 0.25) is 5.02 Å². The molecule has 220 valence electrons. The molecule has 11 nitrogen and oxygen atoms in total. The van der Waals surface area contributed by atoms with E-state index in [1.54, 1.807) is 60.7 Å². The fourth-order valence-electron chi connectivity index (χ4n) is 4.97. The van der Waals surface area contributed by atoms with Crippen molar-refractivity contribution in [2.45, 2.75) is 45.4 Å². The molecule has 3 N–H and O–H groups in total. The van der Waals surface area contributed by atoms with Gasteiger partial charge in [-0.1, -0.05) is 54.1 Å². The topological polar surface area (TPSA) is 148 Å². The second-order valence-corrected chi connectivity index (χ2v) is 10.6. The summed E-state index contributed by atoms with van der Waals surface area (Å²) in [7, 11) is 0. The number of aryl methyl sites for hydroxylation is 2. The molecule has 0 aliphatic carbocycles. The van der Waals surface area contributed by atoms with Gasteiger partial charge in [-0.15, -0.1) is 0 Å². The molecule has 1 saturated heterocycles. The zero-order valence-electron chi connectivity index (χ0n) is 23.4. The molecule has 1 atom stereocenters. The highest BCUT2D eigenvalue weighted by molar-refractivity contribution is 6.31. The lowest BCUT2D eigenvalue weighted by Gasteiger charge is -2.35. The molecule has 4 aromatic rings. The van der Waals surface area contributed by atoms with Gasteiger partial charge in [-0.25, -0.2) is 14.6 Å². The summed E-state index contributed by atoms with van der Waals surface area (Å²) >= 11 is 6.13. The lowest BCUT2D eigenvalue weighted by atomic mass is 9.87. The fourth-order valence-corrected chi connectivity index (χ4v) is 5.15. The smallest absolute Gasteiger partial charge is 0.342 e. The Bertz CT molecular complexity index is 1820. The number of aromatic nitrogens is 2. The van der Waals surface area contributed by atoms with Gasteiger partial charge >= 0.3 is 12.0 Å². The first-order valence-corrected chi connectivity index (χ1v) is 13.9. The van der Waals surface area contributed by atoms with Crippen molar-refractivity contribution in [3.05, 3.63) is 105 Å². The number of hydrogen-bond donors (Lipinski definition) is 3. The molecule has 0 bridgehead atoms. The van der Waals surface area contributed by atoms with Crippen LogP contribution in [0.25, 0.3) is 10.9 Å². The Balaban J connectivity index is 1.45. The Labute approximate surface area is 251 Å². The minimum absolute atomic E-state index is 0.0634. The summed E-state index contributed by atoms with van der Waals surface area (Å²) in [6, 6.07) is 18.4. The number of fused-ring (bicyclic) bond motifs is 1. The maximum Gasteiger partial charge on any atom is 0.342 e. The van der Waals surface area contributed by atoms with Crippen LogP contribution in [0.5, 0.6) is 0 Å². The molecule has 1 aliphatic rings. The van der Waals surface area contributed by atoms with Gasteiger partial charge in [0.1, 0.15) is 12.4 Å². The van der Waals surface area contributed by atoms with Crippen LogP contribution >= 0.6 is 11.6 Å². The van der Waals surface area contributed by atoms with Crippen molar-refractivity contribution in [1.82, 2.24) is 20.2 Å². The van der Waals surface area contributed by atoms with Crippen molar-refractivity contribution >= 4 is 52.0 Å². The summed E-state index contributed by atoms with van der Waals surface area (Å²) in [6.07, 6.45) is -0.453. The molecule has 2 heterocycles. The van der Waals surface area contributed by atoms with Crippen LogP contribution in [0.3, 0.4) is 0 Å². The van der Waals surface area contributed by atoms with E-state index in [0.717, 1.165) is 10.1 Å². The van der Waals surface area contributed by atoms with Crippen LogP contribution in [0.15, 0.2) is 71.5 Å². The summed E-state index contributed by atoms with van der Waals surface area (Å²) < 4.78 is 6.55. The highest BCUT2D eigenvalue weighted by atomic mass is 35.5. The van der Waals surface area contributed by atoms with Crippen LogP contribution in [-0.4, -0.2) is 33.4 Å².